The number of methoxy groups -OCH3 is 1. The predicted octanol–water partition coefficient (Wildman–Crippen LogP) is 3.07. The van der Waals surface area contributed by atoms with Crippen molar-refractivity contribution < 1.29 is 23.4 Å². The highest BCUT2D eigenvalue weighted by Gasteiger charge is 2.20. The molecule has 4 N–H and O–H groups in total. The molecule has 1 unspecified atom stereocenters. The third kappa shape index (κ3) is 5.67. The van der Waals surface area contributed by atoms with Crippen molar-refractivity contribution in [2.24, 2.45) is 5.73 Å². The second kappa shape index (κ2) is 11.5. The van der Waals surface area contributed by atoms with Crippen molar-refractivity contribution >= 4 is 17.2 Å². The molecule has 2 aromatic carbocycles. The van der Waals surface area contributed by atoms with Crippen LogP contribution < -0.4 is 11.1 Å². The number of aliphatic hydroxyl groups is 1. The number of aromatic nitrogens is 1. The number of nitrogens with two attached hydrogens (primary N) is 1. The first-order valence-corrected chi connectivity index (χ1v) is 9.85. The SMILES string of the molecule is CN.COC(CO)CNC(=O)c1cccc(F)c1-c1ncc(-c2ccc(F)cc2)s1. The van der Waals surface area contributed by atoms with E-state index in [4.69, 9.17) is 9.84 Å². The summed E-state index contributed by atoms with van der Waals surface area (Å²) in [7, 11) is 2.92. The number of hydrogen-bond donors (Lipinski definition) is 3. The molecule has 0 saturated heterocycles. The highest BCUT2D eigenvalue weighted by Crippen LogP contribution is 2.35. The molecular formula is C21H23F2N3O3S. The second-order valence-electron chi connectivity index (χ2n) is 5.95. The molecular weight excluding hydrogens is 412 g/mol. The van der Waals surface area contributed by atoms with Gasteiger partial charge in [0.2, 0.25) is 0 Å². The maximum atomic E-state index is 14.6. The van der Waals surface area contributed by atoms with Crippen LogP contribution in [-0.4, -0.2) is 49.4 Å². The summed E-state index contributed by atoms with van der Waals surface area (Å²) in [5, 5.41) is 12.1. The molecule has 0 aliphatic rings. The van der Waals surface area contributed by atoms with Crippen LogP contribution in [0.2, 0.25) is 0 Å². The Morgan fingerprint density at radius 3 is 2.57 bits per heavy atom. The number of halogens is 2. The van der Waals surface area contributed by atoms with Crippen LogP contribution in [0, 0.1) is 11.6 Å². The number of ether oxygens (including phenoxy) is 1. The lowest BCUT2D eigenvalue weighted by molar-refractivity contribution is 0.0474. The molecule has 1 atom stereocenters. The molecule has 0 aliphatic heterocycles. The maximum absolute atomic E-state index is 14.6. The quantitative estimate of drug-likeness (QED) is 0.530. The molecule has 30 heavy (non-hydrogen) atoms. The average Bonchev–Trinajstić information content (AvgIpc) is 3.25. The summed E-state index contributed by atoms with van der Waals surface area (Å²) in [6, 6.07) is 10.1. The fourth-order valence-electron chi connectivity index (χ4n) is 2.59. The molecule has 0 bridgehead atoms. The zero-order valence-corrected chi connectivity index (χ0v) is 17.4. The molecule has 3 rings (SSSR count). The molecule has 0 radical (unpaired) electrons. The highest BCUT2D eigenvalue weighted by molar-refractivity contribution is 7.18. The second-order valence-corrected chi connectivity index (χ2v) is 6.98. The number of thiazole rings is 1. The van der Waals surface area contributed by atoms with Gasteiger partial charge in [-0.05, 0) is 36.9 Å². The molecule has 9 heteroatoms. The van der Waals surface area contributed by atoms with E-state index in [-0.39, 0.29) is 30.1 Å². The fourth-order valence-corrected chi connectivity index (χ4v) is 3.57. The molecule has 0 spiro atoms. The van der Waals surface area contributed by atoms with Crippen molar-refractivity contribution in [2.45, 2.75) is 6.10 Å². The van der Waals surface area contributed by atoms with Gasteiger partial charge in [0.05, 0.1) is 28.7 Å². The topological polar surface area (TPSA) is 97.5 Å². The van der Waals surface area contributed by atoms with E-state index in [1.54, 1.807) is 18.3 Å². The van der Waals surface area contributed by atoms with Crippen LogP contribution in [0.1, 0.15) is 10.4 Å². The molecule has 3 aromatic rings. The summed E-state index contributed by atoms with van der Waals surface area (Å²) in [6.07, 6.45) is 1.01. The summed E-state index contributed by atoms with van der Waals surface area (Å²) in [5.74, 6) is -1.42. The Balaban J connectivity index is 0.00000155. The Hall–Kier alpha value is -2.72. The van der Waals surface area contributed by atoms with Crippen LogP contribution in [-0.2, 0) is 4.74 Å². The number of carbonyl (C=O) groups is 1. The zero-order valence-electron chi connectivity index (χ0n) is 16.6. The van der Waals surface area contributed by atoms with Crippen molar-refractivity contribution in [1.82, 2.24) is 10.3 Å². The van der Waals surface area contributed by atoms with Crippen LogP contribution in [0.3, 0.4) is 0 Å². The van der Waals surface area contributed by atoms with Gasteiger partial charge in [-0.25, -0.2) is 13.8 Å². The van der Waals surface area contributed by atoms with Crippen LogP contribution in [0.25, 0.3) is 21.0 Å². The van der Waals surface area contributed by atoms with E-state index >= 15 is 0 Å². The van der Waals surface area contributed by atoms with Crippen LogP contribution in [0.4, 0.5) is 8.78 Å². The van der Waals surface area contributed by atoms with Gasteiger partial charge < -0.3 is 20.9 Å². The molecule has 6 nitrogen and oxygen atoms in total. The van der Waals surface area contributed by atoms with E-state index < -0.39 is 17.8 Å². The zero-order chi connectivity index (χ0) is 22.1. The van der Waals surface area contributed by atoms with Crippen molar-refractivity contribution in [2.75, 3.05) is 27.3 Å². The predicted molar refractivity (Wildman–Crippen MR) is 113 cm³/mol. The number of rotatable bonds is 7. The van der Waals surface area contributed by atoms with E-state index in [9.17, 15) is 13.6 Å². The first-order valence-electron chi connectivity index (χ1n) is 9.03. The third-order valence-electron chi connectivity index (χ3n) is 4.13. The van der Waals surface area contributed by atoms with Gasteiger partial charge in [-0.3, -0.25) is 4.79 Å². The lowest BCUT2D eigenvalue weighted by Crippen LogP contribution is -2.35. The van der Waals surface area contributed by atoms with E-state index in [1.165, 1.54) is 55.8 Å². The number of benzene rings is 2. The first kappa shape index (κ1) is 23.6. The van der Waals surface area contributed by atoms with Gasteiger partial charge in [0.25, 0.3) is 5.91 Å². The van der Waals surface area contributed by atoms with Gasteiger partial charge in [-0.1, -0.05) is 18.2 Å². The lowest BCUT2D eigenvalue weighted by atomic mass is 10.1. The fraction of sp³-hybridized carbons (Fsp3) is 0.238. The van der Waals surface area contributed by atoms with E-state index in [0.29, 0.717) is 5.01 Å². The van der Waals surface area contributed by atoms with Crippen LogP contribution in [0.15, 0.2) is 48.7 Å². The molecule has 0 saturated carbocycles. The van der Waals surface area contributed by atoms with Crippen molar-refractivity contribution in [3.8, 4) is 21.0 Å². The number of amides is 1. The Kier molecular flexibility index (Phi) is 9.00. The molecule has 0 aliphatic carbocycles. The monoisotopic (exact) mass is 435 g/mol. The summed E-state index contributed by atoms with van der Waals surface area (Å²) in [4.78, 5) is 17.5. The maximum Gasteiger partial charge on any atom is 0.252 e. The van der Waals surface area contributed by atoms with E-state index in [2.05, 4.69) is 16.0 Å². The first-order chi connectivity index (χ1) is 14.5. The minimum Gasteiger partial charge on any atom is -0.394 e. The normalized spacial score (nSPS) is 11.4. The summed E-state index contributed by atoms with van der Waals surface area (Å²) < 4.78 is 32.7. The number of carbonyl (C=O) groups excluding carboxylic acids is 1. The van der Waals surface area contributed by atoms with Gasteiger partial charge in [0.1, 0.15) is 16.6 Å². The number of nitrogens with one attached hydrogen (secondary N) is 1. The van der Waals surface area contributed by atoms with Crippen LogP contribution in [0.5, 0.6) is 0 Å². The Morgan fingerprint density at radius 2 is 1.93 bits per heavy atom. The summed E-state index contributed by atoms with van der Waals surface area (Å²) in [5.41, 5.74) is 5.47. The summed E-state index contributed by atoms with van der Waals surface area (Å²) in [6.45, 7) is -0.166. The molecule has 1 amide bonds. The molecule has 0 fully saturated rings. The number of nitrogens with zero attached hydrogens (tertiary/aromatic N) is 1. The average molecular weight is 435 g/mol. The molecule has 1 heterocycles. The van der Waals surface area contributed by atoms with Crippen LogP contribution >= 0.6 is 11.3 Å². The van der Waals surface area contributed by atoms with E-state index in [0.717, 1.165) is 10.4 Å². The summed E-state index contributed by atoms with van der Waals surface area (Å²) >= 11 is 1.21. The number of hydrogen-bond acceptors (Lipinski definition) is 6. The van der Waals surface area contributed by atoms with Gasteiger partial charge in [0, 0.05) is 19.9 Å². The minimum absolute atomic E-state index is 0.0838. The van der Waals surface area contributed by atoms with E-state index in [1.807, 2.05) is 0 Å². The van der Waals surface area contributed by atoms with Gasteiger partial charge in [0.15, 0.2) is 0 Å². The third-order valence-corrected chi connectivity index (χ3v) is 5.20. The van der Waals surface area contributed by atoms with Gasteiger partial charge in [-0.2, -0.15) is 0 Å². The highest BCUT2D eigenvalue weighted by atomic mass is 32.1. The molecule has 160 valence electrons. The number of aliphatic hydroxyl groups excluding tert-OH is 1. The van der Waals surface area contributed by atoms with Gasteiger partial charge in [-0.15, -0.1) is 11.3 Å². The minimum atomic E-state index is -0.571. The lowest BCUT2D eigenvalue weighted by Gasteiger charge is -2.14. The largest absolute Gasteiger partial charge is 0.394 e. The Bertz CT molecular complexity index is 960. The standard InChI is InChI=1S/C20H18F2N2O3S.CH5N/c1-27-14(11-25)9-23-19(26)15-3-2-4-16(22)18(15)20-24-10-17(28-20)12-5-7-13(21)8-6-12;1-2/h2-8,10,14,25H,9,11H2,1H3,(H,23,26);2H2,1H3. The Labute approximate surface area is 177 Å². The van der Waals surface area contributed by atoms with Crippen molar-refractivity contribution in [3.63, 3.8) is 0 Å². The van der Waals surface area contributed by atoms with Gasteiger partial charge >= 0.3 is 0 Å². The van der Waals surface area contributed by atoms with Crippen molar-refractivity contribution in [3.05, 3.63) is 65.9 Å². The van der Waals surface area contributed by atoms with Crippen molar-refractivity contribution in [1.29, 1.82) is 0 Å². The Morgan fingerprint density at radius 1 is 1.23 bits per heavy atom. The smallest absolute Gasteiger partial charge is 0.252 e. The molecule has 1 aromatic heterocycles.